The fraction of sp³-hybridized carbons (Fsp3) is 0.458. The van der Waals surface area contributed by atoms with Crippen molar-refractivity contribution in [3.05, 3.63) is 59.7 Å². The molecule has 0 aliphatic carbocycles. The van der Waals surface area contributed by atoms with Gasteiger partial charge in [-0.3, -0.25) is 4.79 Å². The maximum atomic E-state index is 13.8. The van der Waals surface area contributed by atoms with Gasteiger partial charge in [0.1, 0.15) is 11.9 Å². The lowest BCUT2D eigenvalue weighted by Crippen LogP contribution is -2.41. The maximum Gasteiger partial charge on any atom is 0.243 e. The number of piperidine rings is 1. The number of likely N-dealkylation sites (tertiary alicyclic amines) is 1. The van der Waals surface area contributed by atoms with Gasteiger partial charge in [0.05, 0.1) is 4.90 Å². The van der Waals surface area contributed by atoms with Crippen LogP contribution in [0.25, 0.3) is 0 Å². The summed E-state index contributed by atoms with van der Waals surface area (Å²) in [6, 6.07) is 10.0. The van der Waals surface area contributed by atoms with E-state index in [4.69, 9.17) is 4.74 Å². The van der Waals surface area contributed by atoms with Gasteiger partial charge in [0, 0.05) is 51.5 Å². The Morgan fingerprint density at radius 3 is 2.27 bits per heavy atom. The average Bonchev–Trinajstić information content (AvgIpc) is 3.36. The molecule has 2 aromatic carbocycles. The average molecular weight is 479 g/mol. The van der Waals surface area contributed by atoms with Crippen LogP contribution in [0.1, 0.15) is 37.7 Å². The van der Waals surface area contributed by atoms with Crippen molar-refractivity contribution in [1.29, 1.82) is 0 Å². The van der Waals surface area contributed by atoms with Gasteiger partial charge in [-0.05, 0) is 49.1 Å². The van der Waals surface area contributed by atoms with Gasteiger partial charge in [0.2, 0.25) is 15.9 Å². The van der Waals surface area contributed by atoms with E-state index in [0.29, 0.717) is 56.8 Å². The van der Waals surface area contributed by atoms with Crippen molar-refractivity contribution < 1.29 is 26.7 Å². The Morgan fingerprint density at radius 2 is 1.64 bits per heavy atom. The van der Waals surface area contributed by atoms with Gasteiger partial charge in [0.15, 0.2) is 11.6 Å². The van der Waals surface area contributed by atoms with E-state index in [2.05, 4.69) is 0 Å². The number of sulfonamides is 1. The van der Waals surface area contributed by atoms with Crippen LogP contribution in [-0.2, 0) is 21.2 Å². The minimum Gasteiger partial charge on any atom is -0.487 e. The van der Waals surface area contributed by atoms with Crippen LogP contribution in [0.2, 0.25) is 0 Å². The molecule has 9 heteroatoms. The molecule has 6 nitrogen and oxygen atoms in total. The lowest BCUT2D eigenvalue weighted by molar-refractivity contribution is -0.132. The molecular formula is C24H28F2N2O4S. The van der Waals surface area contributed by atoms with Gasteiger partial charge in [-0.15, -0.1) is 0 Å². The van der Waals surface area contributed by atoms with Gasteiger partial charge in [-0.25, -0.2) is 17.2 Å². The highest BCUT2D eigenvalue weighted by Gasteiger charge is 2.27. The third-order valence-electron chi connectivity index (χ3n) is 6.24. The molecule has 2 aliphatic rings. The standard InChI is InChI=1S/C24H28F2N2O4S/c25-19-6-9-23(22(26)17-19)32-20-11-15-27(16-12-20)24(29)10-5-18-3-7-21(8-4-18)33(30,31)28-13-1-2-14-28/h3-4,6-9,17,20H,1-2,5,10-16H2. The van der Waals surface area contributed by atoms with Crippen LogP contribution in [0.3, 0.4) is 0 Å². The minimum absolute atomic E-state index is 0.0233. The summed E-state index contributed by atoms with van der Waals surface area (Å²) in [6.07, 6.45) is 3.57. The topological polar surface area (TPSA) is 66.9 Å². The Kier molecular flexibility index (Phi) is 7.29. The van der Waals surface area contributed by atoms with Crippen molar-refractivity contribution >= 4 is 15.9 Å². The highest BCUT2D eigenvalue weighted by atomic mass is 32.2. The van der Waals surface area contributed by atoms with E-state index in [1.54, 1.807) is 29.2 Å². The summed E-state index contributed by atoms with van der Waals surface area (Å²) >= 11 is 0. The molecule has 2 heterocycles. The number of hydrogen-bond acceptors (Lipinski definition) is 4. The second-order valence-electron chi connectivity index (χ2n) is 8.53. The van der Waals surface area contributed by atoms with Crippen molar-refractivity contribution in [3.63, 3.8) is 0 Å². The maximum absolute atomic E-state index is 13.8. The molecule has 0 saturated carbocycles. The first-order chi connectivity index (χ1) is 15.8. The zero-order valence-corrected chi connectivity index (χ0v) is 19.2. The molecule has 1 amide bonds. The monoisotopic (exact) mass is 478 g/mol. The largest absolute Gasteiger partial charge is 0.487 e. The third kappa shape index (κ3) is 5.70. The first-order valence-corrected chi connectivity index (χ1v) is 12.8. The number of rotatable bonds is 7. The van der Waals surface area contributed by atoms with Gasteiger partial charge >= 0.3 is 0 Å². The Morgan fingerprint density at radius 1 is 0.970 bits per heavy atom. The summed E-state index contributed by atoms with van der Waals surface area (Å²) < 4.78 is 59.2. The van der Waals surface area contributed by atoms with E-state index >= 15 is 0 Å². The number of aryl methyl sites for hydroxylation is 1. The zero-order chi connectivity index (χ0) is 23.4. The van der Waals surface area contributed by atoms with Crippen molar-refractivity contribution in [3.8, 4) is 5.75 Å². The molecule has 33 heavy (non-hydrogen) atoms. The van der Waals surface area contributed by atoms with Crippen LogP contribution in [0.5, 0.6) is 5.75 Å². The number of benzene rings is 2. The molecule has 0 radical (unpaired) electrons. The first kappa shape index (κ1) is 23.6. The minimum atomic E-state index is -3.43. The fourth-order valence-electron chi connectivity index (χ4n) is 4.29. The Labute approximate surface area is 193 Å². The number of ether oxygens (including phenoxy) is 1. The number of carbonyl (C=O) groups is 1. The number of carbonyl (C=O) groups excluding carboxylic acids is 1. The molecule has 2 saturated heterocycles. The number of nitrogens with zero attached hydrogens (tertiary/aromatic N) is 2. The molecule has 0 N–H and O–H groups in total. The summed E-state index contributed by atoms with van der Waals surface area (Å²) in [5, 5.41) is 0. The molecule has 2 aromatic rings. The Hall–Kier alpha value is -2.52. The summed E-state index contributed by atoms with van der Waals surface area (Å²) in [6.45, 7) is 2.16. The van der Waals surface area contributed by atoms with E-state index in [-0.39, 0.29) is 17.8 Å². The second kappa shape index (κ2) is 10.2. The summed E-state index contributed by atoms with van der Waals surface area (Å²) in [5.74, 6) is -1.33. The summed E-state index contributed by atoms with van der Waals surface area (Å²) in [4.78, 5) is 14.7. The van der Waals surface area contributed by atoms with Crippen molar-refractivity contribution in [2.45, 2.75) is 49.5 Å². The molecule has 2 fully saturated rings. The van der Waals surface area contributed by atoms with Crippen molar-refractivity contribution in [2.75, 3.05) is 26.2 Å². The van der Waals surface area contributed by atoms with E-state index in [0.717, 1.165) is 30.5 Å². The molecule has 0 bridgehead atoms. The molecule has 2 aliphatic heterocycles. The number of amides is 1. The zero-order valence-electron chi connectivity index (χ0n) is 18.4. The van der Waals surface area contributed by atoms with Crippen LogP contribution in [0, 0.1) is 11.6 Å². The highest BCUT2D eigenvalue weighted by molar-refractivity contribution is 7.89. The van der Waals surface area contributed by atoms with Crippen LogP contribution < -0.4 is 4.74 Å². The van der Waals surface area contributed by atoms with Gasteiger partial charge in [-0.1, -0.05) is 12.1 Å². The molecule has 0 aromatic heterocycles. The van der Waals surface area contributed by atoms with Crippen LogP contribution in [0.15, 0.2) is 47.4 Å². The molecule has 178 valence electrons. The Balaban J connectivity index is 1.24. The smallest absolute Gasteiger partial charge is 0.243 e. The Bertz CT molecular complexity index is 1080. The SMILES string of the molecule is O=C(CCc1ccc(S(=O)(=O)N2CCCC2)cc1)N1CCC(Oc2ccc(F)cc2F)CC1. The lowest BCUT2D eigenvalue weighted by Gasteiger charge is -2.32. The van der Waals surface area contributed by atoms with E-state index in [1.165, 1.54) is 10.4 Å². The predicted octanol–water partition coefficient (Wildman–Crippen LogP) is 3.75. The molecular weight excluding hydrogens is 450 g/mol. The summed E-state index contributed by atoms with van der Waals surface area (Å²) in [5.41, 5.74) is 0.911. The fourth-order valence-corrected chi connectivity index (χ4v) is 5.81. The second-order valence-corrected chi connectivity index (χ2v) is 10.5. The molecule has 4 rings (SSSR count). The molecule has 0 atom stereocenters. The van der Waals surface area contributed by atoms with Gasteiger partial charge in [-0.2, -0.15) is 4.31 Å². The van der Waals surface area contributed by atoms with Gasteiger partial charge in [0.25, 0.3) is 0 Å². The van der Waals surface area contributed by atoms with Crippen LogP contribution >= 0.6 is 0 Å². The van der Waals surface area contributed by atoms with Crippen LogP contribution in [-0.4, -0.2) is 55.8 Å². The highest BCUT2D eigenvalue weighted by Crippen LogP contribution is 2.24. The van der Waals surface area contributed by atoms with Crippen molar-refractivity contribution in [1.82, 2.24) is 9.21 Å². The van der Waals surface area contributed by atoms with E-state index in [1.807, 2.05) is 0 Å². The van der Waals surface area contributed by atoms with Crippen molar-refractivity contribution in [2.24, 2.45) is 0 Å². The third-order valence-corrected chi connectivity index (χ3v) is 8.15. The number of halogens is 2. The quantitative estimate of drug-likeness (QED) is 0.608. The summed E-state index contributed by atoms with van der Waals surface area (Å²) in [7, 11) is -3.43. The van der Waals surface area contributed by atoms with Gasteiger partial charge < -0.3 is 9.64 Å². The lowest BCUT2D eigenvalue weighted by atomic mass is 10.1. The number of hydrogen-bond donors (Lipinski definition) is 0. The van der Waals surface area contributed by atoms with E-state index in [9.17, 15) is 22.0 Å². The van der Waals surface area contributed by atoms with E-state index < -0.39 is 21.7 Å². The molecule has 0 unspecified atom stereocenters. The molecule has 0 spiro atoms. The first-order valence-electron chi connectivity index (χ1n) is 11.3. The van der Waals surface area contributed by atoms with Crippen LogP contribution in [0.4, 0.5) is 8.78 Å². The predicted molar refractivity (Wildman–Crippen MR) is 119 cm³/mol. The normalized spacial score (nSPS) is 17.9.